The average molecular weight is 258 g/mol. The van der Waals surface area contributed by atoms with Crippen LogP contribution in [0.1, 0.15) is 49.3 Å². The fourth-order valence-corrected chi connectivity index (χ4v) is 2.61. The van der Waals surface area contributed by atoms with E-state index in [9.17, 15) is 9.59 Å². The average Bonchev–Trinajstić information content (AvgIpc) is 3.14. The van der Waals surface area contributed by atoms with E-state index in [1.165, 1.54) is 0 Å². The van der Waals surface area contributed by atoms with E-state index in [-0.39, 0.29) is 23.4 Å². The minimum atomic E-state index is -0.142. The van der Waals surface area contributed by atoms with Crippen molar-refractivity contribution in [1.82, 2.24) is 0 Å². The summed E-state index contributed by atoms with van der Waals surface area (Å²) in [5.41, 5.74) is 3.20. The number of carbonyl (C=O) groups is 2. The molecule has 2 nitrogen and oxygen atoms in total. The molecule has 1 aliphatic carbocycles. The van der Waals surface area contributed by atoms with Crippen LogP contribution in [0.2, 0.25) is 0 Å². The molecule has 0 bridgehead atoms. The van der Waals surface area contributed by atoms with Crippen molar-refractivity contribution in [3.8, 4) is 0 Å². The van der Waals surface area contributed by atoms with Crippen LogP contribution < -0.4 is 0 Å². The lowest BCUT2D eigenvalue weighted by molar-refractivity contribution is -0.130. The number of benzene rings is 1. The van der Waals surface area contributed by atoms with Gasteiger partial charge in [0.15, 0.2) is 0 Å². The predicted octanol–water partition coefficient (Wildman–Crippen LogP) is 3.56. The van der Waals surface area contributed by atoms with Crippen molar-refractivity contribution >= 4 is 11.6 Å². The Kier molecular flexibility index (Phi) is 3.88. The second-order valence-electron chi connectivity index (χ2n) is 5.88. The summed E-state index contributed by atoms with van der Waals surface area (Å²) in [6.07, 6.45) is 3.32. The number of hydrogen-bond donors (Lipinski definition) is 0. The van der Waals surface area contributed by atoms with Crippen LogP contribution in [0.4, 0.5) is 0 Å². The maximum Gasteiger partial charge on any atom is 0.146 e. The third-order valence-electron chi connectivity index (χ3n) is 4.37. The number of ketones is 2. The molecule has 1 fully saturated rings. The zero-order valence-corrected chi connectivity index (χ0v) is 12.1. The number of aryl methyl sites for hydroxylation is 2. The van der Waals surface area contributed by atoms with Gasteiger partial charge in [-0.15, -0.1) is 0 Å². The van der Waals surface area contributed by atoms with Crippen LogP contribution >= 0.6 is 0 Å². The highest BCUT2D eigenvalue weighted by molar-refractivity contribution is 6.03. The van der Waals surface area contributed by atoms with Gasteiger partial charge in [-0.1, -0.05) is 30.7 Å². The molecule has 0 spiro atoms. The molecule has 1 saturated carbocycles. The normalized spacial score (nSPS) is 16.2. The van der Waals surface area contributed by atoms with Gasteiger partial charge in [0, 0.05) is 11.8 Å². The van der Waals surface area contributed by atoms with Gasteiger partial charge >= 0.3 is 0 Å². The van der Waals surface area contributed by atoms with Gasteiger partial charge in [-0.2, -0.15) is 0 Å². The smallest absolute Gasteiger partial charge is 0.146 e. The SMILES string of the molecule is CCC1(C(=O)CC(=O)Cc2cc(C)ccc2C)CC1. The molecule has 2 rings (SSSR count). The standard InChI is InChI=1S/C17H22O2/c1-4-17(7-8-17)16(19)11-15(18)10-14-9-12(2)5-6-13(14)3/h5-6,9H,4,7-8,10-11H2,1-3H3. The number of carbonyl (C=O) groups excluding carboxylic acids is 2. The summed E-state index contributed by atoms with van der Waals surface area (Å²) in [4.78, 5) is 24.1. The highest BCUT2D eigenvalue weighted by atomic mass is 16.1. The summed E-state index contributed by atoms with van der Waals surface area (Å²) in [5.74, 6) is 0.212. The largest absolute Gasteiger partial charge is 0.299 e. The first kappa shape index (κ1) is 14.0. The molecule has 0 radical (unpaired) electrons. The number of hydrogen-bond acceptors (Lipinski definition) is 2. The molecule has 102 valence electrons. The van der Waals surface area contributed by atoms with Gasteiger partial charge in [-0.05, 0) is 44.2 Å². The first-order chi connectivity index (χ1) is 8.97. The molecule has 0 unspecified atom stereocenters. The van der Waals surface area contributed by atoms with Crippen LogP contribution in [-0.2, 0) is 16.0 Å². The van der Waals surface area contributed by atoms with Gasteiger partial charge in [0.2, 0.25) is 0 Å². The van der Waals surface area contributed by atoms with E-state index < -0.39 is 0 Å². The predicted molar refractivity (Wildman–Crippen MR) is 76.2 cm³/mol. The molecule has 0 amide bonds. The van der Waals surface area contributed by atoms with Gasteiger partial charge < -0.3 is 0 Å². The Morgan fingerprint density at radius 1 is 1.21 bits per heavy atom. The zero-order valence-electron chi connectivity index (χ0n) is 12.1. The van der Waals surface area contributed by atoms with Crippen LogP contribution in [0.25, 0.3) is 0 Å². The minimum absolute atomic E-state index is 0.0541. The van der Waals surface area contributed by atoms with Crippen molar-refractivity contribution in [3.63, 3.8) is 0 Å². The highest BCUT2D eigenvalue weighted by Crippen LogP contribution is 2.50. The van der Waals surface area contributed by atoms with Gasteiger partial charge in [-0.3, -0.25) is 9.59 Å². The molecule has 1 aromatic rings. The van der Waals surface area contributed by atoms with Crippen LogP contribution in [0.15, 0.2) is 18.2 Å². The lowest BCUT2D eigenvalue weighted by Crippen LogP contribution is -2.20. The highest BCUT2D eigenvalue weighted by Gasteiger charge is 2.47. The zero-order chi connectivity index (χ0) is 14.0. The van der Waals surface area contributed by atoms with Crippen LogP contribution in [0, 0.1) is 19.3 Å². The van der Waals surface area contributed by atoms with Gasteiger partial charge in [0.1, 0.15) is 11.6 Å². The fraction of sp³-hybridized carbons (Fsp3) is 0.529. The Morgan fingerprint density at radius 3 is 2.47 bits per heavy atom. The second kappa shape index (κ2) is 5.28. The van der Waals surface area contributed by atoms with Crippen LogP contribution in [0.5, 0.6) is 0 Å². The Morgan fingerprint density at radius 2 is 1.89 bits per heavy atom. The molecule has 0 aliphatic heterocycles. The first-order valence-corrected chi connectivity index (χ1v) is 7.08. The fourth-order valence-electron chi connectivity index (χ4n) is 2.61. The Hall–Kier alpha value is -1.44. The number of Topliss-reactive ketones (excluding diaryl/α,β-unsaturated/α-hetero) is 2. The van der Waals surface area contributed by atoms with E-state index in [0.29, 0.717) is 6.42 Å². The maximum atomic E-state index is 12.1. The van der Waals surface area contributed by atoms with Crippen molar-refractivity contribution in [2.45, 2.75) is 52.9 Å². The molecule has 0 N–H and O–H groups in total. The molecule has 2 heteroatoms. The molecule has 0 saturated heterocycles. The maximum absolute atomic E-state index is 12.1. The third kappa shape index (κ3) is 3.12. The Balaban J connectivity index is 1.98. The molecular formula is C17H22O2. The summed E-state index contributed by atoms with van der Waals surface area (Å²) >= 11 is 0. The molecule has 0 heterocycles. The quantitative estimate of drug-likeness (QED) is 0.731. The van der Waals surface area contributed by atoms with Crippen molar-refractivity contribution < 1.29 is 9.59 Å². The van der Waals surface area contributed by atoms with Gasteiger partial charge in [0.25, 0.3) is 0 Å². The summed E-state index contributed by atoms with van der Waals surface area (Å²) in [5, 5.41) is 0. The lowest BCUT2D eigenvalue weighted by atomic mass is 9.91. The van der Waals surface area contributed by atoms with E-state index in [2.05, 4.69) is 0 Å². The monoisotopic (exact) mass is 258 g/mol. The third-order valence-corrected chi connectivity index (χ3v) is 4.37. The van der Waals surface area contributed by atoms with Crippen molar-refractivity contribution in [1.29, 1.82) is 0 Å². The van der Waals surface area contributed by atoms with Gasteiger partial charge in [0.05, 0.1) is 6.42 Å². The summed E-state index contributed by atoms with van der Waals surface area (Å²) < 4.78 is 0. The van der Waals surface area contributed by atoms with Crippen molar-refractivity contribution in [3.05, 3.63) is 34.9 Å². The van der Waals surface area contributed by atoms with E-state index in [1.54, 1.807) is 0 Å². The molecule has 1 aliphatic rings. The van der Waals surface area contributed by atoms with Crippen molar-refractivity contribution in [2.75, 3.05) is 0 Å². The topological polar surface area (TPSA) is 34.1 Å². The Bertz CT molecular complexity index is 510. The van der Waals surface area contributed by atoms with Gasteiger partial charge in [-0.25, -0.2) is 0 Å². The summed E-state index contributed by atoms with van der Waals surface area (Å²) in [6.45, 7) is 6.08. The Labute approximate surface area is 115 Å². The van der Waals surface area contributed by atoms with E-state index >= 15 is 0 Å². The molecule has 1 aromatic carbocycles. The summed E-state index contributed by atoms with van der Waals surface area (Å²) in [7, 11) is 0. The summed E-state index contributed by atoms with van der Waals surface area (Å²) in [6, 6.07) is 6.13. The van der Waals surface area contributed by atoms with Crippen LogP contribution in [-0.4, -0.2) is 11.6 Å². The first-order valence-electron chi connectivity index (χ1n) is 7.08. The number of rotatable bonds is 6. The van der Waals surface area contributed by atoms with E-state index in [0.717, 1.165) is 36.0 Å². The van der Waals surface area contributed by atoms with E-state index in [1.807, 2.05) is 39.0 Å². The lowest BCUT2D eigenvalue weighted by Gasteiger charge is -2.11. The van der Waals surface area contributed by atoms with Crippen LogP contribution in [0.3, 0.4) is 0 Å². The second-order valence-corrected chi connectivity index (χ2v) is 5.88. The van der Waals surface area contributed by atoms with E-state index in [4.69, 9.17) is 0 Å². The molecule has 0 atom stereocenters. The van der Waals surface area contributed by atoms with Crippen molar-refractivity contribution in [2.24, 2.45) is 5.41 Å². The molecule has 0 aromatic heterocycles. The molecule has 19 heavy (non-hydrogen) atoms. The minimum Gasteiger partial charge on any atom is -0.299 e. The molecular weight excluding hydrogens is 236 g/mol.